The number of aromatic nitrogens is 1. The quantitative estimate of drug-likeness (QED) is 0.384. The van der Waals surface area contributed by atoms with E-state index in [1.165, 1.54) is 12.0 Å². The van der Waals surface area contributed by atoms with E-state index in [2.05, 4.69) is 43.2 Å². The normalized spacial score (nSPS) is 15.2. The van der Waals surface area contributed by atoms with Crippen LogP contribution in [0.2, 0.25) is 0 Å². The van der Waals surface area contributed by atoms with Gasteiger partial charge >= 0.3 is 0 Å². The van der Waals surface area contributed by atoms with E-state index < -0.39 is 6.04 Å². The molecule has 1 fully saturated rings. The number of pyridine rings is 1. The standard InChI is InChI=1S/C31H37N3O2/c1-31(2,3)25-16-18-27(19-17-25)34(22-28(35)23-11-6-4-7-12-23)29(24-13-10-20-32-21-24)30(36)33-26-14-8-5-9-15-26/h4,6-7,10-13,16-21,26,29H,5,8-9,14-15,22H2,1-3H3,(H,33,36). The van der Waals surface area contributed by atoms with Gasteiger partial charge in [-0.05, 0) is 42.0 Å². The van der Waals surface area contributed by atoms with Crippen LogP contribution in [0.3, 0.4) is 0 Å². The summed E-state index contributed by atoms with van der Waals surface area (Å²) < 4.78 is 0. The molecule has 1 saturated carbocycles. The minimum Gasteiger partial charge on any atom is -0.351 e. The first kappa shape index (κ1) is 25.6. The minimum atomic E-state index is -0.672. The maximum Gasteiger partial charge on any atom is 0.247 e. The number of ketones is 1. The van der Waals surface area contributed by atoms with Crippen LogP contribution in [0.5, 0.6) is 0 Å². The van der Waals surface area contributed by atoms with Crippen LogP contribution in [0.25, 0.3) is 0 Å². The number of nitrogens with zero attached hydrogens (tertiary/aromatic N) is 2. The third-order valence-electron chi connectivity index (χ3n) is 6.99. The lowest BCUT2D eigenvalue weighted by Gasteiger charge is -2.34. The number of anilines is 1. The zero-order valence-corrected chi connectivity index (χ0v) is 21.6. The molecule has 1 aromatic heterocycles. The van der Waals surface area contributed by atoms with Crippen LogP contribution in [0.1, 0.15) is 80.4 Å². The van der Waals surface area contributed by atoms with Gasteiger partial charge in [-0.25, -0.2) is 0 Å². The van der Waals surface area contributed by atoms with E-state index in [1.807, 2.05) is 59.5 Å². The van der Waals surface area contributed by atoms with Crippen molar-refractivity contribution < 1.29 is 9.59 Å². The number of nitrogens with one attached hydrogen (secondary N) is 1. The summed E-state index contributed by atoms with van der Waals surface area (Å²) in [4.78, 5) is 33.5. The number of amides is 1. The Kier molecular flexibility index (Phi) is 8.19. The second kappa shape index (κ2) is 11.5. The Balaban J connectivity index is 1.73. The average molecular weight is 484 g/mol. The van der Waals surface area contributed by atoms with Crippen LogP contribution in [-0.2, 0) is 10.2 Å². The molecule has 0 saturated heterocycles. The van der Waals surface area contributed by atoms with Gasteiger partial charge in [0.1, 0.15) is 6.04 Å². The summed E-state index contributed by atoms with van der Waals surface area (Å²) in [5, 5.41) is 3.30. The third kappa shape index (κ3) is 6.39. The van der Waals surface area contributed by atoms with Gasteiger partial charge in [0.2, 0.25) is 5.91 Å². The van der Waals surface area contributed by atoms with Crippen molar-refractivity contribution in [2.75, 3.05) is 11.4 Å². The summed E-state index contributed by atoms with van der Waals surface area (Å²) in [6, 6.07) is 20.8. The van der Waals surface area contributed by atoms with Gasteiger partial charge < -0.3 is 10.2 Å². The monoisotopic (exact) mass is 483 g/mol. The summed E-state index contributed by atoms with van der Waals surface area (Å²) in [6.45, 7) is 6.61. The second-order valence-electron chi connectivity index (χ2n) is 10.7. The van der Waals surface area contributed by atoms with E-state index in [9.17, 15) is 9.59 Å². The van der Waals surface area contributed by atoms with Crippen molar-refractivity contribution >= 4 is 17.4 Å². The van der Waals surface area contributed by atoms with E-state index in [-0.39, 0.29) is 29.7 Å². The van der Waals surface area contributed by atoms with E-state index >= 15 is 0 Å². The summed E-state index contributed by atoms with van der Waals surface area (Å²) in [6.07, 6.45) is 8.91. The molecule has 1 atom stereocenters. The van der Waals surface area contributed by atoms with Crippen LogP contribution in [0, 0.1) is 0 Å². The molecule has 0 radical (unpaired) electrons. The number of carbonyl (C=O) groups excluding carboxylic acids is 2. The first-order chi connectivity index (χ1) is 17.3. The molecular formula is C31H37N3O2. The lowest BCUT2D eigenvalue weighted by Crippen LogP contribution is -2.46. The molecular weight excluding hydrogens is 446 g/mol. The summed E-state index contributed by atoms with van der Waals surface area (Å²) >= 11 is 0. The number of hydrogen-bond acceptors (Lipinski definition) is 4. The molecule has 1 aliphatic rings. The SMILES string of the molecule is CC(C)(C)c1ccc(N(CC(=O)c2ccccc2)C(C(=O)NC2CCCCC2)c2cccnc2)cc1. The predicted molar refractivity (Wildman–Crippen MR) is 145 cm³/mol. The topological polar surface area (TPSA) is 62.3 Å². The zero-order valence-electron chi connectivity index (χ0n) is 21.6. The van der Waals surface area contributed by atoms with Crippen molar-refractivity contribution in [2.45, 2.75) is 70.4 Å². The van der Waals surface area contributed by atoms with E-state index in [0.29, 0.717) is 5.56 Å². The van der Waals surface area contributed by atoms with Crippen LogP contribution in [0.15, 0.2) is 79.1 Å². The maximum atomic E-state index is 13.9. The van der Waals surface area contributed by atoms with Gasteiger partial charge in [-0.2, -0.15) is 0 Å². The van der Waals surface area contributed by atoms with E-state index in [1.54, 1.807) is 12.4 Å². The Labute approximate surface area is 215 Å². The lowest BCUT2D eigenvalue weighted by molar-refractivity contribution is -0.123. The largest absolute Gasteiger partial charge is 0.351 e. The first-order valence-electron chi connectivity index (χ1n) is 13.0. The number of hydrogen-bond donors (Lipinski definition) is 1. The number of Topliss-reactive ketones (excluding diaryl/α,β-unsaturated/α-hetero) is 1. The van der Waals surface area contributed by atoms with Crippen molar-refractivity contribution in [3.63, 3.8) is 0 Å². The average Bonchev–Trinajstić information content (AvgIpc) is 2.89. The Bertz CT molecular complexity index is 1130. The summed E-state index contributed by atoms with van der Waals surface area (Å²) in [7, 11) is 0. The van der Waals surface area contributed by atoms with Crippen molar-refractivity contribution in [3.05, 3.63) is 95.8 Å². The fourth-order valence-electron chi connectivity index (χ4n) is 4.89. The van der Waals surface area contributed by atoms with Gasteiger partial charge in [0, 0.05) is 35.2 Å². The van der Waals surface area contributed by atoms with Crippen LogP contribution in [0.4, 0.5) is 5.69 Å². The molecule has 1 unspecified atom stereocenters. The molecule has 5 heteroatoms. The summed E-state index contributed by atoms with van der Waals surface area (Å²) in [5.41, 5.74) is 3.44. The van der Waals surface area contributed by atoms with Gasteiger partial charge in [0.15, 0.2) is 5.78 Å². The highest BCUT2D eigenvalue weighted by Gasteiger charge is 2.32. The molecule has 0 bridgehead atoms. The highest BCUT2D eigenvalue weighted by Crippen LogP contribution is 2.31. The molecule has 36 heavy (non-hydrogen) atoms. The fourth-order valence-corrected chi connectivity index (χ4v) is 4.89. The van der Waals surface area contributed by atoms with Crippen LogP contribution < -0.4 is 10.2 Å². The molecule has 4 rings (SSSR count). The van der Waals surface area contributed by atoms with Gasteiger partial charge in [-0.15, -0.1) is 0 Å². The molecule has 5 nitrogen and oxygen atoms in total. The number of rotatable bonds is 8. The van der Waals surface area contributed by atoms with Gasteiger partial charge in [-0.3, -0.25) is 14.6 Å². The predicted octanol–water partition coefficient (Wildman–Crippen LogP) is 6.26. The number of benzene rings is 2. The molecule has 1 aliphatic carbocycles. The van der Waals surface area contributed by atoms with Gasteiger partial charge in [0.05, 0.1) is 6.54 Å². The fraction of sp³-hybridized carbons (Fsp3) is 0.387. The molecule has 2 aromatic carbocycles. The number of carbonyl (C=O) groups is 2. The van der Waals surface area contributed by atoms with Crippen molar-refractivity contribution in [3.8, 4) is 0 Å². The Morgan fingerprint density at radius 2 is 1.64 bits per heavy atom. The van der Waals surface area contributed by atoms with E-state index in [4.69, 9.17) is 0 Å². The van der Waals surface area contributed by atoms with Crippen molar-refractivity contribution in [1.82, 2.24) is 10.3 Å². The molecule has 0 spiro atoms. The van der Waals surface area contributed by atoms with Crippen LogP contribution >= 0.6 is 0 Å². The molecule has 1 N–H and O–H groups in total. The summed E-state index contributed by atoms with van der Waals surface area (Å²) in [5.74, 6) is -0.120. The minimum absolute atomic E-state index is 0.00429. The zero-order chi connectivity index (χ0) is 25.5. The second-order valence-corrected chi connectivity index (χ2v) is 10.7. The van der Waals surface area contributed by atoms with Gasteiger partial charge in [-0.1, -0.05) is 88.6 Å². The Morgan fingerprint density at radius 1 is 0.944 bits per heavy atom. The highest BCUT2D eigenvalue weighted by atomic mass is 16.2. The van der Waals surface area contributed by atoms with Crippen molar-refractivity contribution in [1.29, 1.82) is 0 Å². The van der Waals surface area contributed by atoms with Crippen molar-refractivity contribution in [2.24, 2.45) is 0 Å². The third-order valence-corrected chi connectivity index (χ3v) is 6.99. The van der Waals surface area contributed by atoms with Gasteiger partial charge in [0.25, 0.3) is 0 Å². The lowest BCUT2D eigenvalue weighted by atomic mass is 9.87. The molecule has 188 valence electrons. The smallest absolute Gasteiger partial charge is 0.247 e. The Morgan fingerprint density at radius 3 is 2.25 bits per heavy atom. The molecule has 1 heterocycles. The first-order valence-corrected chi connectivity index (χ1v) is 13.0. The molecule has 1 amide bonds. The Hall–Kier alpha value is -3.47. The molecule has 0 aliphatic heterocycles. The highest BCUT2D eigenvalue weighted by molar-refractivity contribution is 6.00. The maximum absolute atomic E-state index is 13.9. The van der Waals surface area contributed by atoms with E-state index in [0.717, 1.165) is 36.9 Å². The molecule has 3 aromatic rings. The van der Waals surface area contributed by atoms with Crippen LogP contribution in [-0.4, -0.2) is 29.3 Å².